The van der Waals surface area contributed by atoms with Gasteiger partial charge in [0.2, 0.25) is 0 Å². The zero-order valence-electron chi connectivity index (χ0n) is 6.53. The van der Waals surface area contributed by atoms with Crippen LogP contribution in [0.5, 0.6) is 0 Å². The van der Waals surface area contributed by atoms with E-state index in [1.54, 1.807) is 12.1 Å². The minimum absolute atomic E-state index is 0.220. The maximum absolute atomic E-state index is 8.58. The Morgan fingerprint density at radius 2 is 2.00 bits per heavy atom. The summed E-state index contributed by atoms with van der Waals surface area (Å²) in [5.41, 5.74) is 0.523. The lowest BCUT2D eigenvalue weighted by molar-refractivity contribution is 1.03. The number of hydrogen-bond donors (Lipinski definition) is 0. The molecule has 0 spiro atoms. The molecule has 5 heteroatoms. The largest absolute Gasteiger partial charge is 0.239 e. The average molecular weight is 187 g/mol. The second kappa shape index (κ2) is 3.93. The number of nitriles is 2. The Labute approximate surface area is 82.0 Å². The third-order valence-electron chi connectivity index (χ3n) is 1.46. The lowest BCUT2D eigenvalue weighted by Gasteiger charge is -2.04. The van der Waals surface area contributed by atoms with Crippen LogP contribution in [0.3, 0.4) is 0 Å². The highest BCUT2D eigenvalue weighted by atomic mass is 35.5. The number of nitrogens with zero attached hydrogens (tertiary/aromatic N) is 3. The van der Waals surface area contributed by atoms with Crippen molar-refractivity contribution in [2.24, 2.45) is 0 Å². The minimum atomic E-state index is -0.960. The second-order valence-electron chi connectivity index (χ2n) is 2.30. The van der Waals surface area contributed by atoms with Gasteiger partial charge in [0.15, 0.2) is 5.92 Å². The van der Waals surface area contributed by atoms with E-state index in [9.17, 15) is 0 Å². The maximum Gasteiger partial charge on any atom is 0.174 e. The maximum atomic E-state index is 8.58. The zero-order chi connectivity index (χ0) is 9.84. The molecule has 1 aromatic rings. The van der Waals surface area contributed by atoms with E-state index in [2.05, 4.69) is 4.98 Å². The summed E-state index contributed by atoms with van der Waals surface area (Å²) in [4.78, 5) is 3.81. The van der Waals surface area contributed by atoms with E-state index < -0.39 is 5.92 Å². The Morgan fingerprint density at radius 1 is 1.38 bits per heavy atom. The Bertz CT molecular complexity index is 391. The summed E-state index contributed by atoms with van der Waals surface area (Å²) in [5.74, 6) is -0.960. The van der Waals surface area contributed by atoms with Crippen molar-refractivity contribution in [2.75, 3.05) is 0 Å². The molecule has 1 heterocycles. The first-order chi connectivity index (χ1) is 6.19. The molecule has 0 atom stereocenters. The average Bonchev–Trinajstić information content (AvgIpc) is 2.13. The van der Waals surface area contributed by atoms with Crippen molar-refractivity contribution in [1.29, 1.82) is 10.5 Å². The van der Waals surface area contributed by atoms with Crippen LogP contribution in [0.4, 0.5) is 0 Å². The molecule has 0 aromatic carbocycles. The van der Waals surface area contributed by atoms with E-state index in [0.29, 0.717) is 5.46 Å². The minimum Gasteiger partial charge on any atom is -0.239 e. The number of hydrogen-bond acceptors (Lipinski definition) is 3. The Hall–Kier alpha value is -1.52. The highest BCUT2D eigenvalue weighted by molar-refractivity contribution is 6.34. The van der Waals surface area contributed by atoms with Crippen LogP contribution in [0.15, 0.2) is 12.1 Å². The lowest BCUT2D eigenvalue weighted by atomic mass is 9.89. The van der Waals surface area contributed by atoms with Crippen molar-refractivity contribution >= 4 is 24.9 Å². The molecule has 60 valence electrons. The molecule has 0 saturated carbocycles. The molecular weight excluding hydrogens is 184 g/mol. The Balaban J connectivity index is 3.23. The predicted molar refractivity (Wildman–Crippen MR) is 48.6 cm³/mol. The van der Waals surface area contributed by atoms with Crippen molar-refractivity contribution in [3.8, 4) is 12.1 Å². The van der Waals surface area contributed by atoms with Gasteiger partial charge in [-0.1, -0.05) is 23.1 Å². The van der Waals surface area contributed by atoms with Crippen LogP contribution in [-0.4, -0.2) is 12.8 Å². The number of aromatic nitrogens is 1. The quantitative estimate of drug-likeness (QED) is 0.479. The van der Waals surface area contributed by atoms with Crippen LogP contribution in [0.25, 0.3) is 0 Å². The van der Waals surface area contributed by atoms with E-state index in [4.69, 9.17) is 30.0 Å². The fourth-order valence-corrected chi connectivity index (χ4v) is 0.997. The van der Waals surface area contributed by atoms with Crippen molar-refractivity contribution in [2.45, 2.75) is 5.92 Å². The summed E-state index contributed by atoms with van der Waals surface area (Å²) in [7, 11) is 5.52. The second-order valence-corrected chi connectivity index (χ2v) is 2.69. The van der Waals surface area contributed by atoms with Crippen LogP contribution >= 0.6 is 11.6 Å². The molecule has 0 N–H and O–H groups in total. The third kappa shape index (κ3) is 1.99. The molecule has 0 bridgehead atoms. The van der Waals surface area contributed by atoms with Crippen LogP contribution in [0.1, 0.15) is 11.6 Å². The molecule has 2 radical (unpaired) electrons. The van der Waals surface area contributed by atoms with Crippen molar-refractivity contribution in [3.63, 3.8) is 0 Å². The number of rotatable bonds is 1. The van der Waals surface area contributed by atoms with Gasteiger partial charge in [-0.3, -0.25) is 0 Å². The van der Waals surface area contributed by atoms with E-state index in [1.165, 1.54) is 12.1 Å². The molecule has 3 nitrogen and oxygen atoms in total. The molecule has 0 aliphatic carbocycles. The van der Waals surface area contributed by atoms with Gasteiger partial charge in [0, 0.05) is 0 Å². The van der Waals surface area contributed by atoms with Gasteiger partial charge < -0.3 is 0 Å². The Kier molecular flexibility index (Phi) is 2.90. The van der Waals surface area contributed by atoms with Gasteiger partial charge in [-0.05, 0) is 6.07 Å². The van der Waals surface area contributed by atoms with Gasteiger partial charge >= 0.3 is 0 Å². The molecule has 0 saturated heterocycles. The molecule has 1 rings (SSSR count). The molecule has 0 unspecified atom stereocenters. The SMILES string of the molecule is [B]c1ccc(Cl)nc1C(C#N)C#N. The molecule has 1 aromatic heterocycles. The summed E-state index contributed by atoms with van der Waals surface area (Å²) in [5, 5.41) is 17.4. The molecule has 0 aliphatic rings. The summed E-state index contributed by atoms with van der Waals surface area (Å²) in [6.07, 6.45) is 0. The topological polar surface area (TPSA) is 60.5 Å². The van der Waals surface area contributed by atoms with Crippen molar-refractivity contribution in [1.82, 2.24) is 4.98 Å². The predicted octanol–water partition coefficient (Wildman–Crippen LogP) is 0.660. The van der Waals surface area contributed by atoms with E-state index in [-0.39, 0.29) is 10.8 Å². The summed E-state index contributed by atoms with van der Waals surface area (Å²) in [6, 6.07) is 6.57. The highest BCUT2D eigenvalue weighted by Crippen LogP contribution is 2.11. The smallest absolute Gasteiger partial charge is 0.174 e. The van der Waals surface area contributed by atoms with E-state index >= 15 is 0 Å². The normalized spacial score (nSPS) is 9.23. The standard InChI is InChI=1S/C8H3BClN3/c9-6-1-2-7(10)13-8(6)5(3-11)4-12/h1-2,5H. The van der Waals surface area contributed by atoms with Crippen LogP contribution in [0, 0.1) is 22.7 Å². The van der Waals surface area contributed by atoms with E-state index in [1.807, 2.05) is 0 Å². The molecule has 0 amide bonds. The van der Waals surface area contributed by atoms with Gasteiger partial charge in [-0.2, -0.15) is 10.5 Å². The first kappa shape index (κ1) is 9.57. The van der Waals surface area contributed by atoms with Gasteiger partial charge in [0.1, 0.15) is 13.0 Å². The van der Waals surface area contributed by atoms with Crippen molar-refractivity contribution in [3.05, 3.63) is 23.0 Å². The Morgan fingerprint density at radius 3 is 2.54 bits per heavy atom. The summed E-state index contributed by atoms with van der Waals surface area (Å²) in [6.45, 7) is 0. The van der Waals surface area contributed by atoms with Gasteiger partial charge in [0.25, 0.3) is 0 Å². The van der Waals surface area contributed by atoms with E-state index in [0.717, 1.165) is 0 Å². The molecular formula is C8H3BClN3. The van der Waals surface area contributed by atoms with Crippen LogP contribution in [0.2, 0.25) is 5.15 Å². The first-order valence-electron chi connectivity index (χ1n) is 3.40. The van der Waals surface area contributed by atoms with Gasteiger partial charge in [-0.25, -0.2) is 4.98 Å². The fourth-order valence-electron chi connectivity index (χ4n) is 0.843. The van der Waals surface area contributed by atoms with Gasteiger partial charge in [0.05, 0.1) is 17.8 Å². The highest BCUT2D eigenvalue weighted by Gasteiger charge is 2.13. The third-order valence-corrected chi connectivity index (χ3v) is 1.67. The number of halogens is 1. The zero-order valence-corrected chi connectivity index (χ0v) is 7.28. The van der Waals surface area contributed by atoms with Gasteiger partial charge in [-0.15, -0.1) is 0 Å². The molecule has 0 fully saturated rings. The van der Waals surface area contributed by atoms with Crippen LogP contribution in [-0.2, 0) is 0 Å². The number of pyridine rings is 1. The first-order valence-corrected chi connectivity index (χ1v) is 3.78. The summed E-state index contributed by atoms with van der Waals surface area (Å²) >= 11 is 5.59. The summed E-state index contributed by atoms with van der Waals surface area (Å²) < 4.78 is 0. The van der Waals surface area contributed by atoms with Crippen LogP contribution < -0.4 is 5.46 Å². The molecule has 0 aliphatic heterocycles. The lowest BCUT2D eigenvalue weighted by Crippen LogP contribution is -2.15. The van der Waals surface area contributed by atoms with Crippen molar-refractivity contribution < 1.29 is 0 Å². The monoisotopic (exact) mass is 187 g/mol. The fraction of sp³-hybridized carbons (Fsp3) is 0.125. The molecule has 13 heavy (non-hydrogen) atoms.